The Morgan fingerprint density at radius 2 is 1.71 bits per heavy atom. The molecule has 0 aliphatic carbocycles. The maximum absolute atomic E-state index is 9.20. The van der Waals surface area contributed by atoms with Crippen LogP contribution in [0.2, 0.25) is 0 Å². The van der Waals surface area contributed by atoms with Crippen molar-refractivity contribution in [2.75, 3.05) is 6.61 Å². The monoisotopic (exact) mass is 235 g/mol. The van der Waals surface area contributed by atoms with Crippen LogP contribution in [0, 0.1) is 0 Å². The summed E-state index contributed by atoms with van der Waals surface area (Å²) in [6.45, 7) is 8.68. The summed E-state index contributed by atoms with van der Waals surface area (Å²) in [7, 11) is 0. The van der Waals surface area contributed by atoms with E-state index in [0.29, 0.717) is 12.3 Å². The van der Waals surface area contributed by atoms with E-state index in [9.17, 15) is 5.11 Å². The van der Waals surface area contributed by atoms with Gasteiger partial charge in [-0.15, -0.1) is 0 Å². The molecule has 17 heavy (non-hydrogen) atoms. The van der Waals surface area contributed by atoms with Gasteiger partial charge in [0, 0.05) is 18.1 Å². The Balaban J connectivity index is 3.04. The molecular formula is C15H25NO. The van der Waals surface area contributed by atoms with Gasteiger partial charge in [0.1, 0.15) is 0 Å². The fourth-order valence-corrected chi connectivity index (χ4v) is 2.12. The van der Waals surface area contributed by atoms with Gasteiger partial charge in [-0.2, -0.15) is 0 Å². The molecule has 0 aliphatic rings. The SMILES string of the molecule is CC(C)c1ccc(C(C)(CCO)C(C)N)cc1. The molecular weight excluding hydrogens is 210 g/mol. The second-order valence-electron chi connectivity index (χ2n) is 5.46. The average Bonchev–Trinajstić information content (AvgIpc) is 2.29. The molecule has 0 heterocycles. The molecule has 0 aliphatic heterocycles. The summed E-state index contributed by atoms with van der Waals surface area (Å²) in [5.74, 6) is 0.545. The van der Waals surface area contributed by atoms with Crippen molar-refractivity contribution in [1.82, 2.24) is 0 Å². The van der Waals surface area contributed by atoms with Crippen molar-refractivity contribution < 1.29 is 5.11 Å². The number of rotatable bonds is 5. The van der Waals surface area contributed by atoms with Crippen LogP contribution < -0.4 is 5.73 Å². The van der Waals surface area contributed by atoms with E-state index in [1.54, 1.807) is 0 Å². The minimum Gasteiger partial charge on any atom is -0.396 e. The molecule has 0 aromatic heterocycles. The highest BCUT2D eigenvalue weighted by atomic mass is 16.3. The molecule has 0 saturated heterocycles. The van der Waals surface area contributed by atoms with E-state index in [0.717, 1.165) is 0 Å². The van der Waals surface area contributed by atoms with Gasteiger partial charge in [-0.25, -0.2) is 0 Å². The van der Waals surface area contributed by atoms with E-state index >= 15 is 0 Å². The van der Waals surface area contributed by atoms with Crippen LogP contribution in [0.5, 0.6) is 0 Å². The summed E-state index contributed by atoms with van der Waals surface area (Å²) >= 11 is 0. The fourth-order valence-electron chi connectivity index (χ4n) is 2.12. The number of benzene rings is 1. The Labute approximate surface area is 105 Å². The molecule has 96 valence electrons. The minimum absolute atomic E-state index is 0.0274. The molecule has 2 unspecified atom stereocenters. The van der Waals surface area contributed by atoms with Crippen LogP contribution >= 0.6 is 0 Å². The lowest BCUT2D eigenvalue weighted by Crippen LogP contribution is -2.41. The molecule has 1 aromatic carbocycles. The summed E-state index contributed by atoms with van der Waals surface area (Å²) in [5.41, 5.74) is 8.48. The van der Waals surface area contributed by atoms with Gasteiger partial charge in [-0.05, 0) is 30.4 Å². The zero-order valence-corrected chi connectivity index (χ0v) is 11.4. The number of hydrogen-bond acceptors (Lipinski definition) is 2. The second-order valence-corrected chi connectivity index (χ2v) is 5.46. The molecule has 0 saturated carbocycles. The summed E-state index contributed by atoms with van der Waals surface area (Å²) in [4.78, 5) is 0. The topological polar surface area (TPSA) is 46.2 Å². The van der Waals surface area contributed by atoms with Crippen LogP contribution in [0.1, 0.15) is 51.2 Å². The molecule has 2 heteroatoms. The van der Waals surface area contributed by atoms with Crippen LogP contribution in [0.3, 0.4) is 0 Å². The second kappa shape index (κ2) is 5.65. The molecule has 2 nitrogen and oxygen atoms in total. The van der Waals surface area contributed by atoms with E-state index < -0.39 is 0 Å². The number of hydrogen-bond donors (Lipinski definition) is 2. The van der Waals surface area contributed by atoms with Gasteiger partial charge in [0.05, 0.1) is 0 Å². The first-order chi connectivity index (χ1) is 7.91. The Hall–Kier alpha value is -0.860. The van der Waals surface area contributed by atoms with E-state index in [1.165, 1.54) is 11.1 Å². The van der Waals surface area contributed by atoms with E-state index in [4.69, 9.17) is 5.73 Å². The van der Waals surface area contributed by atoms with Crippen molar-refractivity contribution in [2.45, 2.75) is 51.5 Å². The van der Waals surface area contributed by atoms with Crippen molar-refractivity contribution in [1.29, 1.82) is 0 Å². The Morgan fingerprint density at radius 3 is 2.06 bits per heavy atom. The zero-order chi connectivity index (χ0) is 13.1. The lowest BCUT2D eigenvalue weighted by molar-refractivity contribution is 0.229. The first kappa shape index (κ1) is 14.2. The summed E-state index contributed by atoms with van der Waals surface area (Å²) in [5, 5.41) is 9.20. The molecule has 0 fully saturated rings. The third-order valence-corrected chi connectivity index (χ3v) is 3.87. The molecule has 0 bridgehead atoms. The summed E-state index contributed by atoms with van der Waals surface area (Å²) in [6.07, 6.45) is 0.700. The maximum atomic E-state index is 9.20. The predicted octanol–water partition coefficient (Wildman–Crippen LogP) is 2.80. The number of nitrogens with two attached hydrogens (primary N) is 1. The van der Waals surface area contributed by atoms with Crippen LogP contribution in [-0.2, 0) is 5.41 Å². The summed E-state index contributed by atoms with van der Waals surface area (Å²) in [6, 6.07) is 8.65. The molecule has 0 amide bonds. The van der Waals surface area contributed by atoms with Crippen molar-refractivity contribution in [3.8, 4) is 0 Å². The van der Waals surface area contributed by atoms with E-state index in [1.807, 2.05) is 6.92 Å². The maximum Gasteiger partial charge on any atom is 0.0440 e. The van der Waals surface area contributed by atoms with E-state index in [-0.39, 0.29) is 18.1 Å². The average molecular weight is 235 g/mol. The highest BCUT2D eigenvalue weighted by Crippen LogP contribution is 2.31. The summed E-state index contributed by atoms with van der Waals surface area (Å²) < 4.78 is 0. The molecule has 3 N–H and O–H groups in total. The highest BCUT2D eigenvalue weighted by Gasteiger charge is 2.30. The van der Waals surface area contributed by atoms with Gasteiger partial charge in [0.2, 0.25) is 0 Å². The standard InChI is InChI=1S/C15H25NO/c1-11(2)13-5-7-14(8-6-13)15(4,9-10-17)12(3)16/h5-8,11-12,17H,9-10,16H2,1-4H3. The van der Waals surface area contributed by atoms with Crippen LogP contribution in [-0.4, -0.2) is 17.8 Å². The third-order valence-electron chi connectivity index (χ3n) is 3.87. The van der Waals surface area contributed by atoms with Crippen LogP contribution in [0.25, 0.3) is 0 Å². The van der Waals surface area contributed by atoms with E-state index in [2.05, 4.69) is 45.0 Å². The Morgan fingerprint density at radius 1 is 1.18 bits per heavy atom. The van der Waals surface area contributed by atoms with Crippen LogP contribution in [0.15, 0.2) is 24.3 Å². The normalized spacial score (nSPS) is 16.9. The first-order valence-electron chi connectivity index (χ1n) is 6.38. The first-order valence-corrected chi connectivity index (χ1v) is 6.38. The van der Waals surface area contributed by atoms with Gasteiger partial charge >= 0.3 is 0 Å². The Kier molecular flexibility index (Phi) is 4.72. The van der Waals surface area contributed by atoms with Gasteiger partial charge in [-0.3, -0.25) is 0 Å². The van der Waals surface area contributed by atoms with Gasteiger partial charge in [0.25, 0.3) is 0 Å². The molecule has 2 atom stereocenters. The van der Waals surface area contributed by atoms with Crippen molar-refractivity contribution in [3.63, 3.8) is 0 Å². The van der Waals surface area contributed by atoms with Crippen molar-refractivity contribution >= 4 is 0 Å². The predicted molar refractivity (Wildman–Crippen MR) is 73.2 cm³/mol. The van der Waals surface area contributed by atoms with Gasteiger partial charge < -0.3 is 10.8 Å². The molecule has 0 spiro atoms. The number of aliphatic hydroxyl groups is 1. The smallest absolute Gasteiger partial charge is 0.0440 e. The third kappa shape index (κ3) is 3.08. The fraction of sp³-hybridized carbons (Fsp3) is 0.600. The lowest BCUT2D eigenvalue weighted by atomic mass is 9.74. The van der Waals surface area contributed by atoms with Crippen LogP contribution in [0.4, 0.5) is 0 Å². The highest BCUT2D eigenvalue weighted by molar-refractivity contribution is 5.31. The minimum atomic E-state index is -0.149. The lowest BCUT2D eigenvalue weighted by Gasteiger charge is -2.34. The van der Waals surface area contributed by atoms with Gasteiger partial charge in [0.15, 0.2) is 0 Å². The Bertz CT molecular complexity index is 342. The molecule has 1 aromatic rings. The quantitative estimate of drug-likeness (QED) is 0.824. The number of aliphatic hydroxyl groups excluding tert-OH is 1. The van der Waals surface area contributed by atoms with Crippen molar-refractivity contribution in [2.24, 2.45) is 5.73 Å². The largest absolute Gasteiger partial charge is 0.396 e. The zero-order valence-electron chi connectivity index (χ0n) is 11.4. The molecule has 0 radical (unpaired) electrons. The molecule has 1 rings (SSSR count). The van der Waals surface area contributed by atoms with Crippen molar-refractivity contribution in [3.05, 3.63) is 35.4 Å². The van der Waals surface area contributed by atoms with Gasteiger partial charge in [-0.1, -0.05) is 45.0 Å².